The molecule has 0 heterocycles. The summed E-state index contributed by atoms with van der Waals surface area (Å²) in [5.41, 5.74) is 2.47. The van der Waals surface area contributed by atoms with Crippen molar-refractivity contribution in [1.29, 1.82) is 0 Å². The van der Waals surface area contributed by atoms with Crippen molar-refractivity contribution in [3.05, 3.63) is 35.4 Å². The van der Waals surface area contributed by atoms with Gasteiger partial charge in [-0.2, -0.15) is 0 Å². The zero-order valence-corrected chi connectivity index (χ0v) is 33.5. The maximum atomic E-state index is 7.36. The van der Waals surface area contributed by atoms with Crippen molar-refractivity contribution in [2.45, 2.75) is 92.1 Å². The second kappa shape index (κ2) is 27.5. The molecule has 8 nitrogen and oxygen atoms in total. The lowest BCUT2D eigenvalue weighted by atomic mass is 10.2. The SMILES string of the molecule is [B][P+](Cc1cccc(C[P+]([B])(C[C@H](C)OCCOCC)C[C@H](C)OCCOCC)c1)(C[C@H](C)OCCOCC)C[C@H](C)OCCOCC. The number of rotatable bonds is 32. The van der Waals surface area contributed by atoms with Gasteiger partial charge in [0.1, 0.15) is 0 Å². The van der Waals surface area contributed by atoms with Crippen molar-refractivity contribution in [1.82, 2.24) is 0 Å². The fourth-order valence-electron chi connectivity index (χ4n) is 6.03. The molecule has 0 fully saturated rings. The Morgan fingerprint density at radius 3 is 1.00 bits per heavy atom. The van der Waals surface area contributed by atoms with E-state index in [0.717, 1.165) is 37.0 Å². The van der Waals surface area contributed by atoms with E-state index < -0.39 is 14.3 Å². The number of hydrogen-bond acceptors (Lipinski definition) is 8. The quantitative estimate of drug-likeness (QED) is 0.0467. The van der Waals surface area contributed by atoms with Gasteiger partial charge in [0.2, 0.25) is 0 Å². The lowest BCUT2D eigenvalue weighted by Crippen LogP contribution is -2.26. The van der Waals surface area contributed by atoms with Crippen LogP contribution in [0.25, 0.3) is 0 Å². The van der Waals surface area contributed by atoms with Gasteiger partial charge in [0.15, 0.2) is 0 Å². The largest absolute Gasteiger partial charge is 0.379 e. The molecule has 0 bridgehead atoms. The molecule has 12 heteroatoms. The van der Waals surface area contributed by atoms with Gasteiger partial charge in [-0.25, -0.2) is 0 Å². The molecule has 274 valence electrons. The topological polar surface area (TPSA) is 73.8 Å². The molecule has 0 aliphatic heterocycles. The second-order valence-electron chi connectivity index (χ2n) is 12.8. The molecular formula is C36H68B2O8P2+2. The van der Waals surface area contributed by atoms with E-state index in [4.69, 9.17) is 53.0 Å². The molecule has 0 aliphatic rings. The fraction of sp³-hybridized carbons (Fsp3) is 0.833. The van der Waals surface area contributed by atoms with Crippen LogP contribution in [0, 0.1) is 0 Å². The summed E-state index contributed by atoms with van der Waals surface area (Å²) < 4.78 is 46.5. The van der Waals surface area contributed by atoms with Crippen LogP contribution in [0.3, 0.4) is 0 Å². The number of hydrogen-bond donors (Lipinski definition) is 0. The monoisotopic (exact) mass is 712 g/mol. The predicted molar refractivity (Wildman–Crippen MR) is 206 cm³/mol. The van der Waals surface area contributed by atoms with Crippen LogP contribution >= 0.6 is 14.3 Å². The highest BCUT2D eigenvalue weighted by atomic mass is 31.2. The first-order valence-electron chi connectivity index (χ1n) is 18.1. The van der Waals surface area contributed by atoms with Gasteiger partial charge < -0.3 is 37.9 Å². The Labute approximate surface area is 298 Å². The van der Waals surface area contributed by atoms with E-state index in [2.05, 4.69) is 52.0 Å². The zero-order chi connectivity index (χ0) is 35.7. The van der Waals surface area contributed by atoms with Crippen LogP contribution in [0.4, 0.5) is 0 Å². The third-order valence-corrected chi connectivity index (χ3v) is 14.8. The molecule has 0 unspecified atom stereocenters. The Hall–Kier alpha value is -0.110. The third kappa shape index (κ3) is 22.7. The fourth-order valence-corrected chi connectivity index (χ4v) is 13.2. The van der Waals surface area contributed by atoms with Crippen LogP contribution in [0.1, 0.15) is 66.5 Å². The summed E-state index contributed by atoms with van der Waals surface area (Å²) >= 11 is 0. The Kier molecular flexibility index (Phi) is 26.3. The van der Waals surface area contributed by atoms with Crippen molar-refractivity contribution in [3.63, 3.8) is 0 Å². The maximum Gasteiger partial charge on any atom is 0.365 e. The van der Waals surface area contributed by atoms with Gasteiger partial charge in [0.05, 0.1) is 114 Å². The molecule has 1 rings (SSSR count). The van der Waals surface area contributed by atoms with E-state index >= 15 is 0 Å². The van der Waals surface area contributed by atoms with Gasteiger partial charge >= 0.3 is 15.1 Å². The van der Waals surface area contributed by atoms with Gasteiger partial charge in [-0.3, -0.25) is 0 Å². The average molecular weight is 713 g/mol. The van der Waals surface area contributed by atoms with E-state index in [-0.39, 0.29) is 24.4 Å². The maximum absolute atomic E-state index is 7.36. The Morgan fingerprint density at radius 1 is 0.479 bits per heavy atom. The molecule has 4 radical (unpaired) electrons. The van der Waals surface area contributed by atoms with Crippen LogP contribution in [0.2, 0.25) is 0 Å². The molecule has 0 aromatic heterocycles. The first kappa shape index (κ1) is 45.9. The Bertz CT molecular complexity index is 811. The highest BCUT2D eigenvalue weighted by Gasteiger charge is 2.38. The number of benzene rings is 1. The van der Waals surface area contributed by atoms with Gasteiger partial charge in [-0.15, -0.1) is 0 Å². The first-order valence-corrected chi connectivity index (χ1v) is 22.9. The zero-order valence-electron chi connectivity index (χ0n) is 31.7. The van der Waals surface area contributed by atoms with Gasteiger partial charge in [-0.05, 0) is 86.9 Å². The Balaban J connectivity index is 3.12. The summed E-state index contributed by atoms with van der Waals surface area (Å²) in [5.74, 6) is 0. The molecule has 0 saturated carbocycles. The highest BCUT2D eigenvalue weighted by Crippen LogP contribution is 2.60. The molecule has 1 aromatic carbocycles. The van der Waals surface area contributed by atoms with Crippen molar-refractivity contribution in [2.75, 3.05) is 104 Å². The summed E-state index contributed by atoms with van der Waals surface area (Å²) in [6.07, 6.45) is 4.96. The van der Waals surface area contributed by atoms with Crippen LogP contribution < -0.4 is 0 Å². The Morgan fingerprint density at radius 2 is 0.750 bits per heavy atom. The molecule has 4 atom stereocenters. The lowest BCUT2D eigenvalue weighted by Gasteiger charge is -2.31. The van der Waals surface area contributed by atoms with Crippen LogP contribution in [0.15, 0.2) is 24.3 Å². The minimum Gasteiger partial charge on any atom is -0.379 e. The van der Waals surface area contributed by atoms with Gasteiger partial charge in [0, 0.05) is 26.4 Å². The number of ether oxygens (including phenoxy) is 8. The molecule has 0 N–H and O–H groups in total. The van der Waals surface area contributed by atoms with Gasteiger partial charge in [-0.1, -0.05) is 18.2 Å². The van der Waals surface area contributed by atoms with E-state index in [1.54, 1.807) is 0 Å². The molecular weight excluding hydrogens is 644 g/mol. The summed E-state index contributed by atoms with van der Waals surface area (Å²) in [4.78, 5) is 0. The van der Waals surface area contributed by atoms with E-state index in [1.165, 1.54) is 11.1 Å². The molecule has 0 spiro atoms. The predicted octanol–water partition coefficient (Wildman–Crippen LogP) is 6.66. The normalized spacial score (nSPS) is 15.0. The van der Waals surface area contributed by atoms with Crippen molar-refractivity contribution >= 4 is 29.4 Å². The van der Waals surface area contributed by atoms with Crippen LogP contribution in [-0.2, 0) is 50.2 Å². The first-order chi connectivity index (χ1) is 23.0. The second-order valence-corrected chi connectivity index (χ2v) is 19.8. The standard InChI is InChI=1S/C36H68B2O8P2/c1-9-39-16-20-43-31(5)25-47(37,26-32(6)44-21-17-40-10-2)29-35-14-13-15-36(24-35)30-48(38,27-33(7)45-22-18-41-11-3)28-34(8)46-23-19-42-12-4/h13-15,24,31-34H,9-12,16-23,25-30H2,1-8H3/q+2/t31-,32-,33-,34-/m0/s1. The lowest BCUT2D eigenvalue weighted by molar-refractivity contribution is 0.0217. The molecule has 0 aliphatic carbocycles. The smallest absolute Gasteiger partial charge is 0.365 e. The summed E-state index contributed by atoms with van der Waals surface area (Å²) in [6, 6.07) is 8.85. The highest BCUT2D eigenvalue weighted by molar-refractivity contribution is 7.97. The van der Waals surface area contributed by atoms with E-state index in [1.807, 2.05) is 27.7 Å². The van der Waals surface area contributed by atoms with E-state index in [9.17, 15) is 0 Å². The van der Waals surface area contributed by atoms with Crippen molar-refractivity contribution in [2.24, 2.45) is 0 Å². The van der Waals surface area contributed by atoms with Crippen molar-refractivity contribution in [3.8, 4) is 0 Å². The van der Waals surface area contributed by atoms with Crippen LogP contribution in [0.5, 0.6) is 0 Å². The minimum atomic E-state index is -1.99. The molecule has 0 amide bonds. The molecule has 1 aromatic rings. The summed E-state index contributed by atoms with van der Waals surface area (Å²) in [7, 11) is 10.7. The third-order valence-electron chi connectivity index (χ3n) is 7.81. The van der Waals surface area contributed by atoms with Crippen LogP contribution in [-0.4, -0.2) is 143 Å². The molecule has 0 saturated heterocycles. The summed E-state index contributed by atoms with van der Waals surface area (Å²) in [5, 5.41) is 0. The average Bonchev–Trinajstić information content (AvgIpc) is 3.01. The van der Waals surface area contributed by atoms with Gasteiger partial charge in [0.25, 0.3) is 0 Å². The summed E-state index contributed by atoms with van der Waals surface area (Å²) in [6.45, 7) is 23.8. The molecule has 48 heavy (non-hydrogen) atoms. The van der Waals surface area contributed by atoms with Crippen molar-refractivity contribution < 1.29 is 37.9 Å². The van der Waals surface area contributed by atoms with E-state index in [0.29, 0.717) is 79.3 Å². The minimum absolute atomic E-state index is 0.0265.